The van der Waals surface area contributed by atoms with E-state index in [4.69, 9.17) is 0 Å². The number of hydrogen-bond donors (Lipinski definition) is 1. The van der Waals surface area contributed by atoms with Crippen LogP contribution in [0.1, 0.15) is 11.1 Å². The number of hydrogen-bond acceptors (Lipinski definition) is 3. The molecule has 0 unspecified atom stereocenters. The average Bonchev–Trinajstić information content (AvgIpc) is 2.71. The van der Waals surface area contributed by atoms with Crippen LogP contribution in [0.2, 0.25) is 0 Å². The number of benzene rings is 1. The fraction of sp³-hybridized carbons (Fsp3) is 0.231. The Morgan fingerprint density at radius 2 is 2.22 bits per heavy atom. The molecule has 0 radical (unpaired) electrons. The van der Waals surface area contributed by atoms with Gasteiger partial charge in [0, 0.05) is 11.8 Å². The Labute approximate surface area is 104 Å². The van der Waals surface area contributed by atoms with Crippen LogP contribution in [0.25, 0.3) is 5.69 Å². The summed E-state index contributed by atoms with van der Waals surface area (Å²) in [4.78, 5) is 23.2. The van der Waals surface area contributed by atoms with Crippen molar-refractivity contribution in [3.8, 4) is 5.69 Å². The van der Waals surface area contributed by atoms with E-state index in [1.54, 1.807) is 0 Å². The minimum absolute atomic E-state index is 0.0232. The topological polar surface area (TPSA) is 64.1 Å². The number of esters is 1. The molecule has 0 amide bonds. The predicted molar refractivity (Wildman–Crippen MR) is 66.8 cm³/mol. The minimum atomic E-state index is -0.428. The van der Waals surface area contributed by atoms with Crippen molar-refractivity contribution in [2.75, 3.05) is 7.11 Å². The smallest absolute Gasteiger partial charge is 0.310 e. The number of aromatic amines is 1. The molecule has 0 atom stereocenters. The summed E-state index contributed by atoms with van der Waals surface area (Å²) in [6, 6.07) is 7.54. The van der Waals surface area contributed by atoms with Crippen LogP contribution in [0, 0.1) is 6.92 Å². The number of carbonyl (C=O) groups is 1. The summed E-state index contributed by atoms with van der Waals surface area (Å²) >= 11 is 0. The lowest BCUT2D eigenvalue weighted by Gasteiger charge is -2.01. The van der Waals surface area contributed by atoms with Crippen LogP contribution in [-0.2, 0) is 16.0 Å². The SMILES string of the molecule is COC(=O)Cc1c[nH]n(-c2cccc(C)c2)c1=O. The fourth-order valence-corrected chi connectivity index (χ4v) is 1.72. The van der Waals surface area contributed by atoms with Crippen molar-refractivity contribution in [1.29, 1.82) is 0 Å². The molecule has 2 rings (SSSR count). The third-order valence-corrected chi connectivity index (χ3v) is 2.67. The van der Waals surface area contributed by atoms with Crippen LogP contribution < -0.4 is 5.56 Å². The van der Waals surface area contributed by atoms with Crippen molar-refractivity contribution in [2.24, 2.45) is 0 Å². The molecule has 0 spiro atoms. The molecule has 1 aromatic carbocycles. The highest BCUT2D eigenvalue weighted by Crippen LogP contribution is 2.07. The Morgan fingerprint density at radius 1 is 1.44 bits per heavy atom. The van der Waals surface area contributed by atoms with Gasteiger partial charge in [-0.05, 0) is 24.6 Å². The zero-order valence-electron chi connectivity index (χ0n) is 10.3. The average molecular weight is 246 g/mol. The molecule has 0 aliphatic carbocycles. The molecule has 0 bridgehead atoms. The molecule has 1 aromatic heterocycles. The number of ether oxygens (including phenoxy) is 1. The molecule has 94 valence electrons. The predicted octanol–water partition coefficient (Wildman–Crippen LogP) is 1.19. The molecule has 0 aliphatic rings. The highest BCUT2D eigenvalue weighted by molar-refractivity contribution is 5.72. The van der Waals surface area contributed by atoms with Gasteiger partial charge in [0.05, 0.1) is 19.2 Å². The summed E-state index contributed by atoms with van der Waals surface area (Å²) in [5.41, 5.74) is 1.97. The van der Waals surface area contributed by atoms with Crippen molar-refractivity contribution in [3.63, 3.8) is 0 Å². The first-order valence-electron chi connectivity index (χ1n) is 5.55. The first kappa shape index (κ1) is 12.2. The van der Waals surface area contributed by atoms with E-state index in [9.17, 15) is 9.59 Å². The highest BCUT2D eigenvalue weighted by Gasteiger charge is 2.11. The Hall–Kier alpha value is -2.30. The number of nitrogens with one attached hydrogen (secondary N) is 1. The third kappa shape index (κ3) is 2.34. The van der Waals surface area contributed by atoms with Gasteiger partial charge < -0.3 is 4.74 Å². The van der Waals surface area contributed by atoms with Gasteiger partial charge in [-0.15, -0.1) is 0 Å². The van der Waals surface area contributed by atoms with E-state index in [-0.39, 0.29) is 12.0 Å². The number of H-pyrrole nitrogens is 1. The van der Waals surface area contributed by atoms with Gasteiger partial charge in [-0.25, -0.2) is 4.68 Å². The van der Waals surface area contributed by atoms with Gasteiger partial charge in [0.15, 0.2) is 0 Å². The number of aromatic nitrogens is 2. The highest BCUT2D eigenvalue weighted by atomic mass is 16.5. The van der Waals surface area contributed by atoms with Gasteiger partial charge in [0.2, 0.25) is 0 Å². The lowest BCUT2D eigenvalue weighted by atomic mass is 10.2. The molecule has 0 aliphatic heterocycles. The quantitative estimate of drug-likeness (QED) is 0.827. The molecule has 1 heterocycles. The van der Waals surface area contributed by atoms with Crippen LogP contribution in [0.15, 0.2) is 35.3 Å². The second-order valence-electron chi connectivity index (χ2n) is 4.03. The van der Waals surface area contributed by atoms with Crippen LogP contribution in [0.3, 0.4) is 0 Å². The number of carbonyl (C=O) groups excluding carboxylic acids is 1. The summed E-state index contributed by atoms with van der Waals surface area (Å²) in [6.45, 7) is 1.95. The van der Waals surface area contributed by atoms with Crippen LogP contribution in [0.5, 0.6) is 0 Å². The number of rotatable bonds is 3. The molecule has 0 saturated carbocycles. The molecule has 5 nitrogen and oxygen atoms in total. The molecule has 5 heteroatoms. The summed E-state index contributed by atoms with van der Waals surface area (Å²) in [5, 5.41) is 2.84. The Balaban J connectivity index is 2.37. The number of nitrogens with zero attached hydrogens (tertiary/aromatic N) is 1. The summed E-state index contributed by atoms with van der Waals surface area (Å²) < 4.78 is 5.95. The number of methoxy groups -OCH3 is 1. The Bertz CT molecular complexity index is 625. The van der Waals surface area contributed by atoms with Gasteiger partial charge in [0.25, 0.3) is 5.56 Å². The molecule has 0 saturated heterocycles. The number of aryl methyl sites for hydroxylation is 1. The molecular weight excluding hydrogens is 232 g/mol. The zero-order chi connectivity index (χ0) is 13.1. The van der Waals surface area contributed by atoms with E-state index in [0.717, 1.165) is 11.3 Å². The van der Waals surface area contributed by atoms with Crippen LogP contribution in [-0.4, -0.2) is 22.9 Å². The van der Waals surface area contributed by atoms with Gasteiger partial charge in [-0.1, -0.05) is 12.1 Å². The standard InChI is InChI=1S/C13H14N2O3/c1-9-4-3-5-11(6-9)15-13(17)10(8-14-15)7-12(16)18-2/h3-6,8,14H,7H2,1-2H3. The molecule has 2 aromatic rings. The summed E-state index contributed by atoms with van der Waals surface area (Å²) in [5.74, 6) is -0.428. The van der Waals surface area contributed by atoms with Crippen molar-refractivity contribution in [3.05, 3.63) is 51.9 Å². The normalized spacial score (nSPS) is 10.3. The largest absolute Gasteiger partial charge is 0.469 e. The van der Waals surface area contributed by atoms with Gasteiger partial charge in [-0.3, -0.25) is 14.7 Å². The maximum Gasteiger partial charge on any atom is 0.310 e. The fourth-order valence-electron chi connectivity index (χ4n) is 1.72. The van der Waals surface area contributed by atoms with Crippen molar-refractivity contribution in [1.82, 2.24) is 9.78 Å². The lowest BCUT2D eigenvalue weighted by Crippen LogP contribution is -2.19. The second kappa shape index (κ2) is 4.91. The lowest BCUT2D eigenvalue weighted by molar-refractivity contribution is -0.139. The third-order valence-electron chi connectivity index (χ3n) is 2.67. The van der Waals surface area contributed by atoms with E-state index in [0.29, 0.717) is 5.56 Å². The van der Waals surface area contributed by atoms with Gasteiger partial charge in [0.1, 0.15) is 0 Å². The molecule has 18 heavy (non-hydrogen) atoms. The molecule has 1 N–H and O–H groups in total. The summed E-state index contributed by atoms with van der Waals surface area (Å²) in [7, 11) is 1.30. The zero-order valence-corrected chi connectivity index (χ0v) is 10.3. The first-order valence-corrected chi connectivity index (χ1v) is 5.55. The van der Waals surface area contributed by atoms with Crippen molar-refractivity contribution < 1.29 is 9.53 Å². The van der Waals surface area contributed by atoms with Gasteiger partial charge in [-0.2, -0.15) is 0 Å². The molecular formula is C13H14N2O3. The van der Waals surface area contributed by atoms with E-state index >= 15 is 0 Å². The van der Waals surface area contributed by atoms with Crippen LogP contribution in [0.4, 0.5) is 0 Å². The van der Waals surface area contributed by atoms with E-state index in [1.165, 1.54) is 18.0 Å². The minimum Gasteiger partial charge on any atom is -0.469 e. The summed E-state index contributed by atoms with van der Waals surface area (Å²) in [6.07, 6.45) is 1.51. The van der Waals surface area contributed by atoms with Crippen LogP contribution >= 0.6 is 0 Å². The van der Waals surface area contributed by atoms with E-state index in [2.05, 4.69) is 9.84 Å². The monoisotopic (exact) mass is 246 g/mol. The van der Waals surface area contributed by atoms with Crippen molar-refractivity contribution in [2.45, 2.75) is 13.3 Å². The Kier molecular flexibility index (Phi) is 3.32. The van der Waals surface area contributed by atoms with E-state index < -0.39 is 5.97 Å². The van der Waals surface area contributed by atoms with E-state index in [1.807, 2.05) is 31.2 Å². The first-order chi connectivity index (χ1) is 8.61. The van der Waals surface area contributed by atoms with Gasteiger partial charge >= 0.3 is 5.97 Å². The Morgan fingerprint density at radius 3 is 2.89 bits per heavy atom. The maximum atomic E-state index is 12.1. The molecule has 0 fully saturated rings. The second-order valence-corrected chi connectivity index (χ2v) is 4.03. The van der Waals surface area contributed by atoms with Crippen molar-refractivity contribution >= 4 is 5.97 Å². The maximum absolute atomic E-state index is 12.1.